The molecule has 0 aliphatic rings. The van der Waals surface area contributed by atoms with Crippen molar-refractivity contribution in [1.29, 1.82) is 0 Å². The monoisotopic (exact) mass is 328 g/mol. The highest BCUT2D eigenvalue weighted by Crippen LogP contribution is 2.28. The van der Waals surface area contributed by atoms with Crippen molar-refractivity contribution in [2.75, 3.05) is 17.9 Å². The van der Waals surface area contributed by atoms with Crippen molar-refractivity contribution in [3.05, 3.63) is 47.1 Å². The summed E-state index contributed by atoms with van der Waals surface area (Å²) in [6.45, 7) is 2.59. The molecule has 0 aliphatic heterocycles. The summed E-state index contributed by atoms with van der Waals surface area (Å²) in [6, 6.07) is 8.99. The van der Waals surface area contributed by atoms with Crippen LogP contribution < -0.4 is 9.62 Å². The first-order valence-corrected chi connectivity index (χ1v) is 8.76. The van der Waals surface area contributed by atoms with Gasteiger partial charge in [0, 0.05) is 18.0 Å². The number of nitrogens with zero attached hydrogens (tertiary/aromatic N) is 1. The van der Waals surface area contributed by atoms with E-state index in [1.807, 2.05) is 0 Å². The SMILES string of the molecule is CCN(c1cccc(F)c1)S(=O)(=O)c1ccc(CNC)s1. The molecule has 2 aromatic rings. The molecule has 21 heavy (non-hydrogen) atoms. The lowest BCUT2D eigenvalue weighted by molar-refractivity contribution is 0.593. The molecular formula is C14H17FN2O2S2. The fourth-order valence-electron chi connectivity index (χ4n) is 2.00. The van der Waals surface area contributed by atoms with E-state index in [-0.39, 0.29) is 10.8 Å². The largest absolute Gasteiger partial charge is 0.315 e. The average molecular weight is 328 g/mol. The van der Waals surface area contributed by atoms with E-state index >= 15 is 0 Å². The maximum Gasteiger partial charge on any atom is 0.273 e. The summed E-state index contributed by atoms with van der Waals surface area (Å²) in [4.78, 5) is 0.936. The van der Waals surface area contributed by atoms with Crippen LogP contribution in [0.15, 0.2) is 40.6 Å². The highest BCUT2D eigenvalue weighted by molar-refractivity contribution is 7.94. The third-order valence-electron chi connectivity index (χ3n) is 2.92. The second-order valence-electron chi connectivity index (χ2n) is 4.40. The van der Waals surface area contributed by atoms with Crippen LogP contribution in [-0.4, -0.2) is 22.0 Å². The lowest BCUT2D eigenvalue weighted by atomic mass is 10.3. The molecule has 1 heterocycles. The van der Waals surface area contributed by atoms with E-state index in [0.29, 0.717) is 12.2 Å². The van der Waals surface area contributed by atoms with Gasteiger partial charge in [0.2, 0.25) is 0 Å². The number of thiophene rings is 1. The fourth-order valence-corrected chi connectivity index (χ4v) is 4.94. The Bertz CT molecular complexity index is 713. The van der Waals surface area contributed by atoms with Crippen molar-refractivity contribution in [2.24, 2.45) is 0 Å². The quantitative estimate of drug-likeness (QED) is 0.887. The maximum atomic E-state index is 13.3. The minimum absolute atomic E-state index is 0.241. The van der Waals surface area contributed by atoms with Gasteiger partial charge in [-0.15, -0.1) is 11.3 Å². The van der Waals surface area contributed by atoms with Crippen LogP contribution in [0.3, 0.4) is 0 Å². The van der Waals surface area contributed by atoms with Gasteiger partial charge in [-0.3, -0.25) is 4.31 Å². The zero-order valence-electron chi connectivity index (χ0n) is 11.8. The molecule has 0 radical (unpaired) electrons. The summed E-state index contributed by atoms with van der Waals surface area (Å²) in [7, 11) is -1.86. The first-order chi connectivity index (χ1) is 9.98. The van der Waals surface area contributed by atoms with Crippen molar-refractivity contribution in [2.45, 2.75) is 17.7 Å². The van der Waals surface area contributed by atoms with Crippen LogP contribution >= 0.6 is 11.3 Å². The first kappa shape index (κ1) is 15.9. The van der Waals surface area contributed by atoms with Crippen LogP contribution in [0.5, 0.6) is 0 Å². The lowest BCUT2D eigenvalue weighted by Crippen LogP contribution is -2.30. The average Bonchev–Trinajstić information content (AvgIpc) is 2.89. The van der Waals surface area contributed by atoms with Gasteiger partial charge in [0.15, 0.2) is 0 Å². The maximum absolute atomic E-state index is 13.3. The van der Waals surface area contributed by atoms with Gasteiger partial charge < -0.3 is 5.32 Å². The Morgan fingerprint density at radius 3 is 2.67 bits per heavy atom. The van der Waals surface area contributed by atoms with Crippen molar-refractivity contribution >= 4 is 27.0 Å². The first-order valence-electron chi connectivity index (χ1n) is 6.50. The molecule has 0 unspecified atom stereocenters. The van der Waals surface area contributed by atoms with Gasteiger partial charge in [-0.1, -0.05) is 6.07 Å². The minimum atomic E-state index is -3.66. The standard InChI is InChI=1S/C14H17FN2O2S2/c1-3-17(12-6-4-5-11(15)9-12)21(18,19)14-8-7-13(20-14)10-16-2/h4-9,16H,3,10H2,1-2H3. The van der Waals surface area contributed by atoms with Crippen molar-refractivity contribution in [1.82, 2.24) is 5.32 Å². The third kappa shape index (κ3) is 3.42. The second kappa shape index (κ2) is 6.55. The van der Waals surface area contributed by atoms with E-state index in [9.17, 15) is 12.8 Å². The Labute approximate surface area is 128 Å². The van der Waals surface area contributed by atoms with E-state index < -0.39 is 15.8 Å². The Kier molecular flexibility index (Phi) is 4.97. The molecule has 0 amide bonds. The smallest absolute Gasteiger partial charge is 0.273 e. The zero-order valence-corrected chi connectivity index (χ0v) is 13.5. The molecule has 0 aliphatic carbocycles. The van der Waals surface area contributed by atoms with Gasteiger partial charge in [-0.25, -0.2) is 12.8 Å². The summed E-state index contributed by atoms with van der Waals surface area (Å²) < 4.78 is 40.2. The van der Waals surface area contributed by atoms with E-state index in [1.165, 1.54) is 33.8 Å². The normalized spacial score (nSPS) is 11.6. The van der Waals surface area contributed by atoms with E-state index in [1.54, 1.807) is 32.2 Å². The van der Waals surface area contributed by atoms with E-state index in [4.69, 9.17) is 0 Å². The molecule has 1 aromatic carbocycles. The van der Waals surface area contributed by atoms with Gasteiger partial charge in [-0.2, -0.15) is 0 Å². The van der Waals surface area contributed by atoms with Gasteiger partial charge in [-0.05, 0) is 44.3 Å². The van der Waals surface area contributed by atoms with Crippen LogP contribution in [0.4, 0.5) is 10.1 Å². The number of rotatable bonds is 6. The molecule has 2 rings (SSSR count). The molecule has 1 aromatic heterocycles. The lowest BCUT2D eigenvalue weighted by Gasteiger charge is -2.22. The number of halogens is 1. The van der Waals surface area contributed by atoms with Crippen LogP contribution in [0.1, 0.15) is 11.8 Å². The fraction of sp³-hybridized carbons (Fsp3) is 0.286. The number of hydrogen-bond donors (Lipinski definition) is 1. The predicted octanol–water partition coefficient (Wildman–Crippen LogP) is 2.82. The number of sulfonamides is 1. The second-order valence-corrected chi connectivity index (χ2v) is 7.66. The van der Waals surface area contributed by atoms with Gasteiger partial charge >= 0.3 is 0 Å². The molecular weight excluding hydrogens is 311 g/mol. The zero-order chi connectivity index (χ0) is 15.5. The molecule has 114 valence electrons. The van der Waals surface area contributed by atoms with Crippen molar-refractivity contribution < 1.29 is 12.8 Å². The molecule has 0 spiro atoms. The highest BCUT2D eigenvalue weighted by atomic mass is 32.2. The molecule has 7 heteroatoms. The predicted molar refractivity (Wildman–Crippen MR) is 83.7 cm³/mol. The number of hydrogen-bond acceptors (Lipinski definition) is 4. The van der Waals surface area contributed by atoms with E-state index in [0.717, 1.165) is 4.88 Å². The molecule has 4 nitrogen and oxygen atoms in total. The molecule has 0 atom stereocenters. The Hall–Kier alpha value is -1.44. The Balaban J connectivity index is 2.39. The van der Waals surface area contributed by atoms with E-state index in [2.05, 4.69) is 5.32 Å². The Morgan fingerprint density at radius 1 is 1.29 bits per heavy atom. The van der Waals surface area contributed by atoms with Crippen LogP contribution in [0, 0.1) is 5.82 Å². The topological polar surface area (TPSA) is 49.4 Å². The molecule has 0 fully saturated rings. The van der Waals surface area contributed by atoms with Crippen LogP contribution in [0.2, 0.25) is 0 Å². The molecule has 0 saturated heterocycles. The van der Waals surface area contributed by atoms with Crippen molar-refractivity contribution in [3.63, 3.8) is 0 Å². The van der Waals surface area contributed by atoms with Crippen LogP contribution in [-0.2, 0) is 16.6 Å². The minimum Gasteiger partial charge on any atom is -0.315 e. The van der Waals surface area contributed by atoms with Gasteiger partial charge in [0.1, 0.15) is 10.0 Å². The molecule has 1 N–H and O–H groups in total. The highest BCUT2D eigenvalue weighted by Gasteiger charge is 2.25. The van der Waals surface area contributed by atoms with Gasteiger partial charge in [0.05, 0.1) is 5.69 Å². The van der Waals surface area contributed by atoms with Gasteiger partial charge in [0.25, 0.3) is 10.0 Å². The van der Waals surface area contributed by atoms with Crippen LogP contribution in [0.25, 0.3) is 0 Å². The summed E-state index contributed by atoms with van der Waals surface area (Å²) in [5, 5.41) is 2.98. The summed E-state index contributed by atoms with van der Waals surface area (Å²) in [5.41, 5.74) is 0.334. The third-order valence-corrected chi connectivity index (χ3v) is 6.37. The molecule has 0 saturated carbocycles. The summed E-state index contributed by atoms with van der Waals surface area (Å²) in [6.07, 6.45) is 0. The number of benzene rings is 1. The number of nitrogens with one attached hydrogen (secondary N) is 1. The number of anilines is 1. The summed E-state index contributed by atoms with van der Waals surface area (Å²) in [5.74, 6) is -0.455. The molecule has 0 bridgehead atoms. The Morgan fingerprint density at radius 2 is 2.05 bits per heavy atom. The van der Waals surface area contributed by atoms with Crippen molar-refractivity contribution in [3.8, 4) is 0 Å². The summed E-state index contributed by atoms with van der Waals surface area (Å²) >= 11 is 1.22.